The second kappa shape index (κ2) is 7.98. The molecule has 0 fully saturated rings. The van der Waals surface area contributed by atoms with Crippen LogP contribution in [0.15, 0.2) is 91.3 Å². The first kappa shape index (κ1) is 17.2. The van der Waals surface area contributed by atoms with E-state index in [9.17, 15) is 4.79 Å². The van der Waals surface area contributed by atoms with E-state index in [4.69, 9.17) is 0 Å². The molecule has 1 atom stereocenters. The zero-order valence-corrected chi connectivity index (χ0v) is 15.0. The molecule has 134 valence electrons. The second-order valence-electron chi connectivity index (χ2n) is 6.49. The van der Waals surface area contributed by atoms with E-state index in [0.29, 0.717) is 12.1 Å². The Morgan fingerprint density at radius 2 is 1.63 bits per heavy atom. The van der Waals surface area contributed by atoms with Crippen molar-refractivity contribution >= 4 is 11.3 Å². The number of hydrogen-bond acceptors (Lipinski definition) is 3. The Bertz CT molecular complexity index is 1030. The maximum Gasteiger partial charge on any atom is 0.188 e. The summed E-state index contributed by atoms with van der Waals surface area (Å²) in [5.74, 6) is 0.0375. The van der Waals surface area contributed by atoms with Crippen molar-refractivity contribution in [2.45, 2.75) is 12.5 Å². The van der Waals surface area contributed by atoms with Gasteiger partial charge >= 0.3 is 0 Å². The van der Waals surface area contributed by atoms with E-state index in [1.54, 1.807) is 10.7 Å². The lowest BCUT2D eigenvalue weighted by molar-refractivity contribution is 0.0945. The highest BCUT2D eigenvalue weighted by molar-refractivity contribution is 6.05. The SMILES string of the molecule is O=C(c1cnn2ccccc12)C(NCCc1ccccc1)c1ccccc1. The summed E-state index contributed by atoms with van der Waals surface area (Å²) < 4.78 is 1.74. The molecule has 0 aliphatic heterocycles. The molecule has 0 saturated heterocycles. The zero-order valence-electron chi connectivity index (χ0n) is 15.0. The molecule has 4 heteroatoms. The highest BCUT2D eigenvalue weighted by Gasteiger charge is 2.24. The van der Waals surface area contributed by atoms with Gasteiger partial charge in [-0.25, -0.2) is 4.52 Å². The molecule has 0 radical (unpaired) electrons. The van der Waals surface area contributed by atoms with E-state index >= 15 is 0 Å². The predicted molar refractivity (Wildman–Crippen MR) is 107 cm³/mol. The number of Topliss-reactive ketones (excluding diaryl/α,β-unsaturated/α-hetero) is 1. The summed E-state index contributed by atoms with van der Waals surface area (Å²) in [6.07, 6.45) is 4.38. The average Bonchev–Trinajstić information content (AvgIpc) is 3.16. The van der Waals surface area contributed by atoms with Crippen LogP contribution in [0.5, 0.6) is 0 Å². The van der Waals surface area contributed by atoms with Crippen LogP contribution in [0.4, 0.5) is 0 Å². The lowest BCUT2D eigenvalue weighted by Crippen LogP contribution is -2.30. The lowest BCUT2D eigenvalue weighted by Gasteiger charge is -2.18. The first-order chi connectivity index (χ1) is 13.3. The molecule has 2 aromatic heterocycles. The number of ketones is 1. The lowest BCUT2D eigenvalue weighted by atomic mass is 9.98. The summed E-state index contributed by atoms with van der Waals surface area (Å²) in [5.41, 5.74) is 3.68. The Morgan fingerprint density at radius 3 is 2.41 bits per heavy atom. The molecule has 0 bridgehead atoms. The fourth-order valence-electron chi connectivity index (χ4n) is 3.29. The molecule has 27 heavy (non-hydrogen) atoms. The van der Waals surface area contributed by atoms with E-state index in [1.807, 2.05) is 72.9 Å². The molecule has 4 nitrogen and oxygen atoms in total. The van der Waals surface area contributed by atoms with Crippen molar-refractivity contribution < 1.29 is 4.79 Å². The van der Waals surface area contributed by atoms with Gasteiger partial charge in [0.05, 0.1) is 23.3 Å². The Morgan fingerprint density at radius 1 is 0.926 bits per heavy atom. The molecule has 0 aliphatic rings. The maximum absolute atomic E-state index is 13.3. The Balaban J connectivity index is 1.59. The number of hydrogen-bond donors (Lipinski definition) is 1. The number of carbonyl (C=O) groups is 1. The topological polar surface area (TPSA) is 46.4 Å². The third kappa shape index (κ3) is 3.81. The van der Waals surface area contributed by atoms with Crippen LogP contribution in [0.3, 0.4) is 0 Å². The van der Waals surface area contributed by atoms with E-state index in [0.717, 1.165) is 17.5 Å². The Kier molecular flexibility index (Phi) is 5.08. The van der Waals surface area contributed by atoms with Crippen LogP contribution < -0.4 is 5.32 Å². The van der Waals surface area contributed by atoms with Crippen LogP contribution >= 0.6 is 0 Å². The van der Waals surface area contributed by atoms with Crippen molar-refractivity contribution in [2.24, 2.45) is 0 Å². The number of pyridine rings is 1. The number of carbonyl (C=O) groups excluding carboxylic acids is 1. The standard InChI is InChI=1S/C23H21N3O/c27-23(20-17-25-26-16-8-7-13-21(20)26)22(19-11-5-2-6-12-19)24-15-14-18-9-3-1-4-10-18/h1-13,16-17,22,24H,14-15H2. The molecule has 1 unspecified atom stereocenters. The highest BCUT2D eigenvalue weighted by Crippen LogP contribution is 2.21. The van der Waals surface area contributed by atoms with E-state index < -0.39 is 6.04 Å². The molecule has 4 rings (SSSR count). The fourth-order valence-corrected chi connectivity index (χ4v) is 3.29. The summed E-state index contributed by atoms with van der Waals surface area (Å²) in [6, 6.07) is 25.5. The van der Waals surface area contributed by atoms with Gasteiger partial charge in [-0.1, -0.05) is 66.7 Å². The minimum atomic E-state index is -0.400. The molecule has 0 aliphatic carbocycles. The van der Waals surface area contributed by atoms with Crippen molar-refractivity contribution in [1.29, 1.82) is 0 Å². The monoisotopic (exact) mass is 355 g/mol. The molecule has 1 N–H and O–H groups in total. The van der Waals surface area contributed by atoms with Crippen LogP contribution in [0, 0.1) is 0 Å². The number of aromatic nitrogens is 2. The highest BCUT2D eigenvalue weighted by atomic mass is 16.1. The third-order valence-corrected chi connectivity index (χ3v) is 4.69. The van der Waals surface area contributed by atoms with E-state index in [-0.39, 0.29) is 5.78 Å². The molecular weight excluding hydrogens is 334 g/mol. The molecule has 2 aromatic carbocycles. The largest absolute Gasteiger partial charge is 0.303 e. The first-order valence-corrected chi connectivity index (χ1v) is 9.12. The smallest absolute Gasteiger partial charge is 0.188 e. The number of nitrogens with one attached hydrogen (secondary N) is 1. The minimum absolute atomic E-state index is 0.0375. The van der Waals surface area contributed by atoms with Crippen molar-refractivity contribution in [3.05, 3.63) is 108 Å². The van der Waals surface area contributed by atoms with Gasteiger partial charge in [-0.2, -0.15) is 5.10 Å². The first-order valence-electron chi connectivity index (χ1n) is 9.12. The maximum atomic E-state index is 13.3. The number of nitrogens with zero attached hydrogens (tertiary/aromatic N) is 2. The number of benzene rings is 2. The molecule has 0 amide bonds. The Hall–Kier alpha value is -3.24. The van der Waals surface area contributed by atoms with Crippen LogP contribution in [-0.4, -0.2) is 21.9 Å². The normalized spacial score (nSPS) is 12.1. The van der Waals surface area contributed by atoms with Gasteiger partial charge < -0.3 is 5.32 Å². The van der Waals surface area contributed by atoms with Crippen LogP contribution in [0.25, 0.3) is 5.52 Å². The summed E-state index contributed by atoms with van der Waals surface area (Å²) in [4.78, 5) is 13.3. The van der Waals surface area contributed by atoms with Crippen molar-refractivity contribution in [2.75, 3.05) is 6.54 Å². The Labute approximate surface area is 158 Å². The fraction of sp³-hybridized carbons (Fsp3) is 0.130. The molecule has 2 heterocycles. The van der Waals surface area contributed by atoms with Gasteiger partial charge in [-0.05, 0) is 29.7 Å². The zero-order chi connectivity index (χ0) is 18.5. The molecule has 0 spiro atoms. The summed E-state index contributed by atoms with van der Waals surface area (Å²) >= 11 is 0. The predicted octanol–water partition coefficient (Wildman–Crippen LogP) is 4.09. The van der Waals surface area contributed by atoms with E-state index in [1.165, 1.54) is 5.56 Å². The van der Waals surface area contributed by atoms with E-state index in [2.05, 4.69) is 22.5 Å². The molecule has 0 saturated carbocycles. The van der Waals surface area contributed by atoms with Crippen molar-refractivity contribution in [3.8, 4) is 0 Å². The summed E-state index contributed by atoms with van der Waals surface area (Å²) in [7, 11) is 0. The number of fused-ring (bicyclic) bond motifs is 1. The number of rotatable bonds is 7. The van der Waals surface area contributed by atoms with Gasteiger partial charge in [0.1, 0.15) is 0 Å². The van der Waals surface area contributed by atoms with Gasteiger partial charge in [-0.3, -0.25) is 4.79 Å². The minimum Gasteiger partial charge on any atom is -0.303 e. The van der Waals surface area contributed by atoms with Crippen molar-refractivity contribution in [1.82, 2.24) is 14.9 Å². The van der Waals surface area contributed by atoms with Gasteiger partial charge in [0.2, 0.25) is 0 Å². The van der Waals surface area contributed by atoms with Gasteiger partial charge in [-0.15, -0.1) is 0 Å². The summed E-state index contributed by atoms with van der Waals surface area (Å²) in [6.45, 7) is 0.717. The van der Waals surface area contributed by atoms with Crippen LogP contribution in [0.2, 0.25) is 0 Å². The molecular formula is C23H21N3O. The van der Waals surface area contributed by atoms with Crippen LogP contribution in [0.1, 0.15) is 27.5 Å². The quantitative estimate of drug-likeness (QED) is 0.508. The van der Waals surface area contributed by atoms with Gasteiger partial charge in [0, 0.05) is 12.7 Å². The third-order valence-electron chi connectivity index (χ3n) is 4.69. The molecule has 4 aromatic rings. The van der Waals surface area contributed by atoms with Crippen molar-refractivity contribution in [3.63, 3.8) is 0 Å². The van der Waals surface area contributed by atoms with Crippen LogP contribution in [-0.2, 0) is 6.42 Å². The second-order valence-corrected chi connectivity index (χ2v) is 6.49. The average molecular weight is 355 g/mol. The summed E-state index contributed by atoms with van der Waals surface area (Å²) in [5, 5.41) is 7.76. The van der Waals surface area contributed by atoms with Gasteiger partial charge in [0.25, 0.3) is 0 Å². The van der Waals surface area contributed by atoms with Gasteiger partial charge in [0.15, 0.2) is 5.78 Å².